The van der Waals surface area contributed by atoms with Crippen LogP contribution < -0.4 is 4.74 Å². The van der Waals surface area contributed by atoms with Gasteiger partial charge in [-0.1, -0.05) is 60.2 Å². The van der Waals surface area contributed by atoms with Crippen molar-refractivity contribution in [3.8, 4) is 11.5 Å². The Labute approximate surface area is 182 Å². The fourth-order valence-electron chi connectivity index (χ4n) is 3.44. The number of aryl methyl sites for hydroxylation is 1. The molecule has 2 aromatic rings. The van der Waals surface area contributed by atoms with Crippen LogP contribution >= 0.6 is 11.6 Å². The molecule has 3 rings (SSSR count). The predicted octanol–water partition coefficient (Wildman–Crippen LogP) is 5.33. The summed E-state index contributed by atoms with van der Waals surface area (Å²) >= 11 is 5.86. The van der Waals surface area contributed by atoms with Gasteiger partial charge in [0.2, 0.25) is 5.91 Å². The topological polar surface area (TPSA) is 49.8 Å². The number of hydrogen-bond acceptors (Lipinski definition) is 3. The standard InChI is InChI=1S/C25H26ClNO3/c1-3-25(15-5-4-6-16-25)27(24(29)17-26)18-23(28)20-9-13-22(14-10-20)30-21-11-7-19(2)8-12-21/h3-15,23,28H,1,16-18H2,2H3/t23?,25-/m0/s1. The van der Waals surface area contributed by atoms with E-state index in [0.717, 1.165) is 11.3 Å². The molecule has 4 nitrogen and oxygen atoms in total. The second-order valence-electron chi connectivity index (χ2n) is 7.32. The number of nitrogens with zero attached hydrogens (tertiary/aromatic N) is 1. The third kappa shape index (κ3) is 5.02. The molecule has 0 radical (unpaired) electrons. The van der Waals surface area contributed by atoms with Gasteiger partial charge in [-0.2, -0.15) is 0 Å². The molecule has 1 N–H and O–H groups in total. The number of allylic oxidation sites excluding steroid dienone is 2. The quantitative estimate of drug-likeness (QED) is 0.461. The van der Waals surface area contributed by atoms with E-state index >= 15 is 0 Å². The van der Waals surface area contributed by atoms with Crippen molar-refractivity contribution < 1.29 is 14.6 Å². The van der Waals surface area contributed by atoms with Gasteiger partial charge in [0.25, 0.3) is 0 Å². The Morgan fingerprint density at radius 2 is 1.83 bits per heavy atom. The van der Waals surface area contributed by atoms with Crippen LogP contribution in [0.5, 0.6) is 11.5 Å². The summed E-state index contributed by atoms with van der Waals surface area (Å²) < 4.78 is 5.84. The van der Waals surface area contributed by atoms with Crippen molar-refractivity contribution in [2.24, 2.45) is 0 Å². The van der Waals surface area contributed by atoms with E-state index in [1.807, 2.05) is 55.5 Å². The molecule has 30 heavy (non-hydrogen) atoms. The molecule has 0 heterocycles. The van der Waals surface area contributed by atoms with Gasteiger partial charge in [0, 0.05) is 0 Å². The highest BCUT2D eigenvalue weighted by atomic mass is 35.5. The Balaban J connectivity index is 1.74. The van der Waals surface area contributed by atoms with Crippen LogP contribution in [0.3, 0.4) is 0 Å². The molecule has 1 unspecified atom stereocenters. The van der Waals surface area contributed by atoms with E-state index in [2.05, 4.69) is 6.58 Å². The summed E-state index contributed by atoms with van der Waals surface area (Å²) in [6, 6.07) is 15.0. The minimum absolute atomic E-state index is 0.105. The number of carbonyl (C=O) groups is 1. The monoisotopic (exact) mass is 423 g/mol. The maximum Gasteiger partial charge on any atom is 0.238 e. The second-order valence-corrected chi connectivity index (χ2v) is 7.59. The maximum atomic E-state index is 12.6. The third-order valence-corrected chi connectivity index (χ3v) is 5.45. The van der Waals surface area contributed by atoms with Crippen LogP contribution in [-0.2, 0) is 4.79 Å². The first-order valence-corrected chi connectivity index (χ1v) is 10.4. The Kier molecular flexibility index (Phi) is 7.14. The van der Waals surface area contributed by atoms with Gasteiger partial charge in [0.05, 0.1) is 18.2 Å². The van der Waals surface area contributed by atoms with Gasteiger partial charge in [-0.3, -0.25) is 4.79 Å². The highest BCUT2D eigenvalue weighted by Gasteiger charge is 2.35. The van der Waals surface area contributed by atoms with E-state index in [4.69, 9.17) is 16.3 Å². The van der Waals surface area contributed by atoms with E-state index in [1.165, 1.54) is 0 Å². The zero-order valence-electron chi connectivity index (χ0n) is 17.0. The number of aliphatic hydroxyl groups excluding tert-OH is 1. The van der Waals surface area contributed by atoms with Crippen LogP contribution in [0.1, 0.15) is 23.7 Å². The summed E-state index contributed by atoms with van der Waals surface area (Å²) in [6.45, 7) is 6.04. The van der Waals surface area contributed by atoms with Gasteiger partial charge in [0.15, 0.2) is 0 Å². The number of halogens is 1. The number of ether oxygens (including phenoxy) is 1. The molecule has 1 aliphatic carbocycles. The minimum atomic E-state index is -0.873. The number of aliphatic hydroxyl groups is 1. The molecule has 0 saturated carbocycles. The smallest absolute Gasteiger partial charge is 0.238 e. The van der Waals surface area contributed by atoms with Crippen molar-refractivity contribution in [2.75, 3.05) is 12.4 Å². The van der Waals surface area contributed by atoms with Crippen molar-refractivity contribution in [3.63, 3.8) is 0 Å². The summed E-state index contributed by atoms with van der Waals surface area (Å²) in [5.41, 5.74) is 1.15. The lowest BCUT2D eigenvalue weighted by Gasteiger charge is -2.41. The van der Waals surface area contributed by atoms with Crippen LogP contribution in [0.4, 0.5) is 0 Å². The molecule has 156 valence electrons. The highest BCUT2D eigenvalue weighted by Crippen LogP contribution is 2.30. The molecule has 0 aliphatic heterocycles. The zero-order chi connectivity index (χ0) is 21.6. The van der Waals surface area contributed by atoms with Crippen LogP contribution in [0.2, 0.25) is 0 Å². The highest BCUT2D eigenvalue weighted by molar-refractivity contribution is 6.27. The number of benzene rings is 2. The van der Waals surface area contributed by atoms with Crippen LogP contribution in [0, 0.1) is 6.92 Å². The van der Waals surface area contributed by atoms with Gasteiger partial charge >= 0.3 is 0 Å². The van der Waals surface area contributed by atoms with Gasteiger partial charge < -0.3 is 14.7 Å². The van der Waals surface area contributed by atoms with Crippen LogP contribution in [0.15, 0.2) is 85.5 Å². The van der Waals surface area contributed by atoms with Crippen molar-refractivity contribution in [2.45, 2.75) is 25.0 Å². The maximum absolute atomic E-state index is 12.6. The lowest BCUT2D eigenvalue weighted by molar-refractivity contribution is -0.133. The number of alkyl halides is 1. The average molecular weight is 424 g/mol. The summed E-state index contributed by atoms with van der Waals surface area (Å²) in [4.78, 5) is 14.2. The second kappa shape index (κ2) is 9.79. The van der Waals surface area contributed by atoms with E-state index < -0.39 is 11.6 Å². The molecule has 1 aliphatic rings. The number of hydrogen-bond donors (Lipinski definition) is 1. The van der Waals surface area contributed by atoms with Crippen molar-refractivity contribution in [1.82, 2.24) is 4.90 Å². The Morgan fingerprint density at radius 3 is 2.37 bits per heavy atom. The molecule has 2 atom stereocenters. The molecule has 0 spiro atoms. The van der Waals surface area contributed by atoms with E-state index in [9.17, 15) is 9.90 Å². The molecule has 0 aromatic heterocycles. The van der Waals surface area contributed by atoms with Gasteiger partial charge in [-0.05, 0) is 43.2 Å². The Morgan fingerprint density at radius 1 is 1.20 bits per heavy atom. The van der Waals surface area contributed by atoms with Gasteiger partial charge in [-0.15, -0.1) is 18.2 Å². The van der Waals surface area contributed by atoms with E-state index in [0.29, 0.717) is 17.7 Å². The molecule has 0 bridgehead atoms. The van der Waals surface area contributed by atoms with Crippen LogP contribution in [0.25, 0.3) is 0 Å². The average Bonchev–Trinajstić information content (AvgIpc) is 2.79. The number of rotatable bonds is 8. The molecule has 0 fully saturated rings. The summed E-state index contributed by atoms with van der Waals surface area (Å²) in [6.07, 6.45) is 9.13. The van der Waals surface area contributed by atoms with E-state index in [1.54, 1.807) is 35.2 Å². The molecular weight excluding hydrogens is 398 g/mol. The summed E-state index contributed by atoms with van der Waals surface area (Å²) in [5.74, 6) is 1.00. The SMILES string of the molecule is C=C[C@]1(N(CC(O)c2ccc(Oc3ccc(C)cc3)cc2)C(=O)CCl)C=CC=CC1. The minimum Gasteiger partial charge on any atom is -0.457 e. The lowest BCUT2D eigenvalue weighted by Crippen LogP contribution is -2.51. The molecule has 2 aromatic carbocycles. The van der Waals surface area contributed by atoms with E-state index in [-0.39, 0.29) is 18.3 Å². The normalized spacial score (nSPS) is 18.6. The predicted molar refractivity (Wildman–Crippen MR) is 121 cm³/mol. The first kappa shape index (κ1) is 21.9. The van der Waals surface area contributed by atoms with Crippen molar-refractivity contribution in [1.29, 1.82) is 0 Å². The zero-order valence-corrected chi connectivity index (χ0v) is 17.8. The molecule has 1 amide bonds. The first-order chi connectivity index (χ1) is 14.5. The number of β-amino-alcohol motifs (C(OH)–C–C–N with tert-alkyl or cyclic N) is 1. The fraction of sp³-hybridized carbons (Fsp3) is 0.240. The first-order valence-electron chi connectivity index (χ1n) is 9.84. The fourth-order valence-corrected chi connectivity index (χ4v) is 3.59. The number of amides is 1. The third-order valence-electron chi connectivity index (χ3n) is 5.23. The number of carbonyl (C=O) groups excluding carboxylic acids is 1. The molecule has 0 saturated heterocycles. The van der Waals surface area contributed by atoms with Gasteiger partial charge in [0.1, 0.15) is 17.4 Å². The Hall–Kier alpha value is -2.82. The van der Waals surface area contributed by atoms with Gasteiger partial charge in [-0.25, -0.2) is 0 Å². The lowest BCUT2D eigenvalue weighted by atomic mass is 9.88. The Bertz CT molecular complexity index is 934. The molecule has 5 heteroatoms. The van der Waals surface area contributed by atoms with Crippen molar-refractivity contribution >= 4 is 17.5 Å². The summed E-state index contributed by atoms with van der Waals surface area (Å²) in [5, 5.41) is 10.8. The van der Waals surface area contributed by atoms with Crippen molar-refractivity contribution in [3.05, 3.63) is 96.6 Å². The van der Waals surface area contributed by atoms with Crippen LogP contribution in [-0.4, -0.2) is 33.9 Å². The molecular formula is C25H26ClNO3. The summed E-state index contributed by atoms with van der Waals surface area (Å²) in [7, 11) is 0. The largest absolute Gasteiger partial charge is 0.457 e.